The molecule has 0 saturated carbocycles. The van der Waals surface area contributed by atoms with Crippen molar-refractivity contribution in [3.8, 4) is 11.6 Å². The molecule has 0 aliphatic carbocycles. The predicted octanol–water partition coefficient (Wildman–Crippen LogP) is 2.89. The Balaban J connectivity index is 1.80. The summed E-state index contributed by atoms with van der Waals surface area (Å²) in [6.07, 6.45) is 1.97. The van der Waals surface area contributed by atoms with Crippen molar-refractivity contribution in [3.63, 3.8) is 0 Å². The Morgan fingerprint density at radius 3 is 2.78 bits per heavy atom. The van der Waals surface area contributed by atoms with E-state index in [9.17, 15) is 13.6 Å². The number of amides is 1. The van der Waals surface area contributed by atoms with Crippen LogP contribution in [0.3, 0.4) is 0 Å². The van der Waals surface area contributed by atoms with E-state index in [1.54, 1.807) is 18.1 Å². The van der Waals surface area contributed by atoms with Crippen LogP contribution in [0, 0.1) is 0 Å². The summed E-state index contributed by atoms with van der Waals surface area (Å²) in [6, 6.07) is 8.21. The summed E-state index contributed by atoms with van der Waals surface area (Å²) in [5.74, 6) is 0.293. The summed E-state index contributed by atoms with van der Waals surface area (Å²) in [4.78, 5) is 17.9. The summed E-state index contributed by atoms with van der Waals surface area (Å²) in [7, 11) is 1.59. The number of anilines is 1. The van der Waals surface area contributed by atoms with E-state index in [-0.39, 0.29) is 11.8 Å². The molecule has 23 heavy (non-hydrogen) atoms. The predicted molar refractivity (Wildman–Crippen MR) is 79.2 cm³/mol. The molecular weight excluding hydrogens is 306 g/mol. The number of nitrogens with zero attached hydrogens (tertiary/aromatic N) is 2. The first-order valence-corrected chi connectivity index (χ1v) is 6.98. The Labute approximate surface area is 131 Å². The minimum atomic E-state index is -2.94. The van der Waals surface area contributed by atoms with Crippen molar-refractivity contribution in [1.29, 1.82) is 0 Å². The molecule has 2 heterocycles. The standard InChI is InChI=1S/C16H14F2N2O3/c1-22-12-3-4-13-10(8-12)6-7-20(13)15(21)11-2-5-14(19-9-11)23-16(17)18/h2-5,8-9,16H,6-7H2,1H3. The average Bonchev–Trinajstić information content (AvgIpc) is 2.97. The normalized spacial score (nSPS) is 13.1. The highest BCUT2D eigenvalue weighted by Gasteiger charge is 2.26. The van der Waals surface area contributed by atoms with Crippen LogP contribution in [0.25, 0.3) is 0 Å². The van der Waals surface area contributed by atoms with Crippen LogP contribution in [-0.4, -0.2) is 31.2 Å². The van der Waals surface area contributed by atoms with Gasteiger partial charge < -0.3 is 14.4 Å². The van der Waals surface area contributed by atoms with Crippen LogP contribution in [0.2, 0.25) is 0 Å². The zero-order valence-corrected chi connectivity index (χ0v) is 12.3. The van der Waals surface area contributed by atoms with E-state index in [1.807, 2.05) is 12.1 Å². The third-order valence-corrected chi connectivity index (χ3v) is 3.62. The number of aromatic nitrogens is 1. The van der Waals surface area contributed by atoms with Gasteiger partial charge in [-0.25, -0.2) is 4.98 Å². The highest BCUT2D eigenvalue weighted by atomic mass is 19.3. The van der Waals surface area contributed by atoms with Gasteiger partial charge in [-0.2, -0.15) is 8.78 Å². The molecule has 0 unspecified atom stereocenters. The van der Waals surface area contributed by atoms with Crippen molar-refractivity contribution < 1.29 is 23.0 Å². The molecular formula is C16H14F2N2O3. The fourth-order valence-electron chi connectivity index (χ4n) is 2.54. The van der Waals surface area contributed by atoms with Gasteiger partial charge in [0.15, 0.2) is 0 Å². The molecule has 3 rings (SSSR count). The number of fused-ring (bicyclic) bond motifs is 1. The third-order valence-electron chi connectivity index (χ3n) is 3.62. The van der Waals surface area contributed by atoms with Gasteiger partial charge in [0.05, 0.1) is 12.7 Å². The van der Waals surface area contributed by atoms with Gasteiger partial charge in [-0.1, -0.05) is 0 Å². The maximum absolute atomic E-state index is 12.6. The monoisotopic (exact) mass is 320 g/mol. The quantitative estimate of drug-likeness (QED) is 0.869. The van der Waals surface area contributed by atoms with Crippen LogP contribution in [0.1, 0.15) is 15.9 Å². The largest absolute Gasteiger partial charge is 0.497 e. The van der Waals surface area contributed by atoms with E-state index in [2.05, 4.69) is 9.72 Å². The molecule has 1 amide bonds. The van der Waals surface area contributed by atoms with Gasteiger partial charge in [-0.05, 0) is 36.2 Å². The van der Waals surface area contributed by atoms with E-state index in [1.165, 1.54) is 18.3 Å². The number of hydrogen-bond donors (Lipinski definition) is 0. The van der Waals surface area contributed by atoms with Crippen molar-refractivity contribution in [2.75, 3.05) is 18.6 Å². The van der Waals surface area contributed by atoms with Gasteiger partial charge in [0.2, 0.25) is 5.88 Å². The number of methoxy groups -OCH3 is 1. The minimum absolute atomic E-state index is 0.219. The first-order chi connectivity index (χ1) is 11.1. The number of benzene rings is 1. The van der Waals surface area contributed by atoms with Crippen molar-refractivity contribution >= 4 is 11.6 Å². The maximum atomic E-state index is 12.6. The van der Waals surface area contributed by atoms with Crippen LogP contribution in [-0.2, 0) is 6.42 Å². The molecule has 1 aromatic heterocycles. The molecule has 0 radical (unpaired) electrons. The number of carbonyl (C=O) groups excluding carboxylic acids is 1. The van der Waals surface area contributed by atoms with Crippen LogP contribution >= 0.6 is 0 Å². The van der Waals surface area contributed by atoms with Gasteiger partial charge in [0.1, 0.15) is 5.75 Å². The van der Waals surface area contributed by atoms with Crippen LogP contribution < -0.4 is 14.4 Å². The summed E-state index contributed by atoms with van der Waals surface area (Å²) in [5, 5.41) is 0. The zero-order chi connectivity index (χ0) is 16.4. The minimum Gasteiger partial charge on any atom is -0.497 e. The molecule has 0 atom stereocenters. The second-order valence-corrected chi connectivity index (χ2v) is 4.97. The number of halogens is 2. The van der Waals surface area contributed by atoms with Gasteiger partial charge in [-0.3, -0.25) is 4.79 Å². The van der Waals surface area contributed by atoms with E-state index in [0.29, 0.717) is 12.1 Å². The topological polar surface area (TPSA) is 51.7 Å². The van der Waals surface area contributed by atoms with Crippen molar-refractivity contribution in [1.82, 2.24) is 4.98 Å². The number of ether oxygens (including phenoxy) is 2. The third kappa shape index (κ3) is 3.08. The number of rotatable bonds is 4. The fraction of sp³-hybridized carbons (Fsp3) is 0.250. The molecule has 0 spiro atoms. The lowest BCUT2D eigenvalue weighted by Gasteiger charge is -2.17. The molecule has 0 bridgehead atoms. The molecule has 120 valence electrons. The Hall–Kier alpha value is -2.70. The second kappa shape index (κ2) is 6.20. The van der Waals surface area contributed by atoms with Crippen LogP contribution in [0.4, 0.5) is 14.5 Å². The number of carbonyl (C=O) groups is 1. The molecule has 7 heteroatoms. The summed E-state index contributed by atoms with van der Waals surface area (Å²) in [6.45, 7) is -2.39. The molecule has 0 N–H and O–H groups in total. The van der Waals surface area contributed by atoms with Gasteiger partial charge >= 0.3 is 6.61 Å². The van der Waals surface area contributed by atoms with E-state index < -0.39 is 6.61 Å². The number of hydrogen-bond acceptors (Lipinski definition) is 4. The Kier molecular flexibility index (Phi) is 4.10. The van der Waals surface area contributed by atoms with E-state index >= 15 is 0 Å². The van der Waals surface area contributed by atoms with E-state index in [0.717, 1.165) is 23.4 Å². The molecule has 2 aromatic rings. The van der Waals surface area contributed by atoms with Crippen LogP contribution in [0.5, 0.6) is 11.6 Å². The number of alkyl halides is 2. The number of pyridine rings is 1. The van der Waals surface area contributed by atoms with E-state index in [4.69, 9.17) is 4.74 Å². The highest BCUT2D eigenvalue weighted by Crippen LogP contribution is 2.32. The van der Waals surface area contributed by atoms with Crippen molar-refractivity contribution in [2.45, 2.75) is 13.0 Å². The van der Waals surface area contributed by atoms with Gasteiger partial charge in [-0.15, -0.1) is 0 Å². The lowest BCUT2D eigenvalue weighted by molar-refractivity contribution is -0.0528. The fourth-order valence-corrected chi connectivity index (χ4v) is 2.54. The average molecular weight is 320 g/mol. The lowest BCUT2D eigenvalue weighted by Crippen LogP contribution is -2.28. The Bertz CT molecular complexity index is 720. The van der Waals surface area contributed by atoms with Gasteiger partial charge in [0.25, 0.3) is 5.91 Å². The smallest absolute Gasteiger partial charge is 0.388 e. The molecule has 1 aromatic carbocycles. The Morgan fingerprint density at radius 1 is 1.30 bits per heavy atom. The molecule has 0 fully saturated rings. The second-order valence-electron chi connectivity index (χ2n) is 4.97. The zero-order valence-electron chi connectivity index (χ0n) is 12.3. The molecule has 0 saturated heterocycles. The Morgan fingerprint density at radius 2 is 2.13 bits per heavy atom. The molecule has 1 aliphatic heterocycles. The maximum Gasteiger partial charge on any atom is 0.388 e. The molecule has 1 aliphatic rings. The van der Waals surface area contributed by atoms with Crippen molar-refractivity contribution in [2.24, 2.45) is 0 Å². The van der Waals surface area contributed by atoms with Gasteiger partial charge in [0, 0.05) is 24.5 Å². The van der Waals surface area contributed by atoms with Crippen LogP contribution in [0.15, 0.2) is 36.5 Å². The summed E-state index contributed by atoms with van der Waals surface area (Å²) >= 11 is 0. The summed E-state index contributed by atoms with van der Waals surface area (Å²) < 4.78 is 33.6. The summed E-state index contributed by atoms with van der Waals surface area (Å²) in [5.41, 5.74) is 2.17. The first kappa shape index (κ1) is 15.2. The molecule has 5 nitrogen and oxygen atoms in total. The van der Waals surface area contributed by atoms with Crippen molar-refractivity contribution in [3.05, 3.63) is 47.7 Å². The lowest BCUT2D eigenvalue weighted by atomic mass is 10.1. The first-order valence-electron chi connectivity index (χ1n) is 6.98. The highest BCUT2D eigenvalue weighted by molar-refractivity contribution is 6.07. The SMILES string of the molecule is COc1ccc2c(c1)CCN2C(=O)c1ccc(OC(F)F)nc1.